The standard InChI is InChI=1S/C18H17Br3N2O4/c1-10-6-13(3-4-14(10)20)26-8-16(24)22-23-17(25)9-27-18-11(2)5-12(19)7-15(18)21/h3-7H,8-9H2,1-2H3,(H,22,24)(H,23,25). The van der Waals surface area contributed by atoms with Crippen LogP contribution < -0.4 is 20.3 Å². The van der Waals surface area contributed by atoms with Gasteiger partial charge in [-0.25, -0.2) is 0 Å². The van der Waals surface area contributed by atoms with Crippen molar-refractivity contribution in [3.8, 4) is 11.5 Å². The van der Waals surface area contributed by atoms with Gasteiger partial charge in [0.25, 0.3) is 11.8 Å². The van der Waals surface area contributed by atoms with Gasteiger partial charge in [0.2, 0.25) is 0 Å². The number of hydrogen-bond donors (Lipinski definition) is 2. The van der Waals surface area contributed by atoms with Gasteiger partial charge in [-0.2, -0.15) is 0 Å². The predicted molar refractivity (Wildman–Crippen MR) is 113 cm³/mol. The summed E-state index contributed by atoms with van der Waals surface area (Å²) < 4.78 is 13.5. The molecular weight excluding hydrogens is 548 g/mol. The SMILES string of the molecule is Cc1cc(OCC(=O)NNC(=O)COc2c(C)cc(Br)cc2Br)ccc1Br. The van der Waals surface area contributed by atoms with Gasteiger partial charge in [-0.15, -0.1) is 0 Å². The molecule has 0 saturated carbocycles. The summed E-state index contributed by atoms with van der Waals surface area (Å²) in [6, 6.07) is 9.09. The summed E-state index contributed by atoms with van der Waals surface area (Å²) in [6.45, 7) is 3.32. The molecule has 6 nitrogen and oxygen atoms in total. The van der Waals surface area contributed by atoms with Crippen molar-refractivity contribution in [3.63, 3.8) is 0 Å². The molecule has 0 spiro atoms. The van der Waals surface area contributed by atoms with Gasteiger partial charge in [-0.3, -0.25) is 20.4 Å². The van der Waals surface area contributed by atoms with Crippen molar-refractivity contribution in [2.75, 3.05) is 13.2 Å². The van der Waals surface area contributed by atoms with Crippen molar-refractivity contribution in [3.05, 3.63) is 54.9 Å². The fourth-order valence-electron chi connectivity index (χ4n) is 2.08. The molecule has 2 amide bonds. The van der Waals surface area contributed by atoms with Crippen LogP contribution in [0.5, 0.6) is 11.5 Å². The fraction of sp³-hybridized carbons (Fsp3) is 0.222. The quantitative estimate of drug-likeness (QED) is 0.516. The molecule has 0 aliphatic carbocycles. The van der Waals surface area contributed by atoms with Crippen LogP contribution in [0, 0.1) is 13.8 Å². The molecule has 0 unspecified atom stereocenters. The van der Waals surface area contributed by atoms with Gasteiger partial charge >= 0.3 is 0 Å². The number of nitrogens with one attached hydrogen (secondary N) is 2. The summed E-state index contributed by atoms with van der Waals surface area (Å²) in [5, 5.41) is 0. The number of hydrazine groups is 1. The summed E-state index contributed by atoms with van der Waals surface area (Å²) in [7, 11) is 0. The number of rotatable bonds is 6. The van der Waals surface area contributed by atoms with Crippen molar-refractivity contribution in [2.45, 2.75) is 13.8 Å². The first-order chi connectivity index (χ1) is 12.8. The lowest BCUT2D eigenvalue weighted by molar-refractivity contribution is -0.131. The van der Waals surface area contributed by atoms with Gasteiger partial charge in [0, 0.05) is 8.95 Å². The molecule has 0 aliphatic rings. The molecule has 9 heteroatoms. The molecule has 27 heavy (non-hydrogen) atoms. The van der Waals surface area contributed by atoms with Crippen LogP contribution in [0.15, 0.2) is 43.7 Å². The topological polar surface area (TPSA) is 76.7 Å². The number of benzene rings is 2. The third kappa shape index (κ3) is 6.82. The number of halogens is 3. The van der Waals surface area contributed by atoms with Crippen LogP contribution in [-0.2, 0) is 9.59 Å². The van der Waals surface area contributed by atoms with Crippen molar-refractivity contribution in [1.29, 1.82) is 0 Å². The third-order valence-corrected chi connectivity index (χ3v) is 5.32. The lowest BCUT2D eigenvalue weighted by Gasteiger charge is -2.12. The van der Waals surface area contributed by atoms with E-state index in [4.69, 9.17) is 9.47 Å². The van der Waals surface area contributed by atoms with Crippen molar-refractivity contribution in [1.82, 2.24) is 10.9 Å². The van der Waals surface area contributed by atoms with Gasteiger partial charge in [0.05, 0.1) is 4.47 Å². The van der Waals surface area contributed by atoms with E-state index >= 15 is 0 Å². The summed E-state index contributed by atoms with van der Waals surface area (Å²) in [6.07, 6.45) is 0. The molecule has 0 radical (unpaired) electrons. The molecule has 0 aromatic heterocycles. The number of amides is 2. The van der Waals surface area contributed by atoms with Crippen LogP contribution in [0.4, 0.5) is 0 Å². The normalized spacial score (nSPS) is 10.3. The first kappa shape index (κ1) is 21.7. The molecule has 2 N–H and O–H groups in total. The molecule has 0 bridgehead atoms. The average molecular weight is 565 g/mol. The third-order valence-electron chi connectivity index (χ3n) is 3.38. The van der Waals surface area contributed by atoms with Gasteiger partial charge in [0.15, 0.2) is 13.2 Å². The van der Waals surface area contributed by atoms with Crippen LogP contribution in [-0.4, -0.2) is 25.0 Å². The Hall–Kier alpha value is -1.58. The summed E-state index contributed by atoms with van der Waals surface area (Å²) in [5.41, 5.74) is 6.43. The second-order valence-corrected chi connectivity index (χ2v) is 8.24. The van der Waals surface area contributed by atoms with Crippen LogP contribution in [0.1, 0.15) is 11.1 Å². The summed E-state index contributed by atoms with van der Waals surface area (Å²) >= 11 is 10.2. The van der Waals surface area contributed by atoms with Crippen molar-refractivity contribution >= 4 is 59.6 Å². The number of aryl methyl sites for hydroxylation is 2. The van der Waals surface area contributed by atoms with Crippen LogP contribution in [0.3, 0.4) is 0 Å². The molecule has 0 heterocycles. The van der Waals surface area contributed by atoms with Crippen LogP contribution in [0.25, 0.3) is 0 Å². The minimum absolute atomic E-state index is 0.223. The Morgan fingerprint density at radius 3 is 2.07 bits per heavy atom. The van der Waals surface area contributed by atoms with Crippen LogP contribution >= 0.6 is 47.8 Å². The highest BCUT2D eigenvalue weighted by Crippen LogP contribution is 2.32. The monoisotopic (exact) mass is 562 g/mol. The maximum Gasteiger partial charge on any atom is 0.276 e. The Kier molecular flexibility index (Phi) is 8.12. The highest BCUT2D eigenvalue weighted by atomic mass is 79.9. The fourth-order valence-corrected chi connectivity index (χ4v) is 3.88. The zero-order chi connectivity index (χ0) is 20.0. The zero-order valence-electron chi connectivity index (χ0n) is 14.6. The molecule has 2 rings (SSSR count). The maximum absolute atomic E-state index is 11.8. The van der Waals surface area contributed by atoms with E-state index in [1.807, 2.05) is 38.1 Å². The minimum Gasteiger partial charge on any atom is -0.484 e. The largest absolute Gasteiger partial charge is 0.484 e. The van der Waals surface area contributed by atoms with E-state index in [9.17, 15) is 9.59 Å². The first-order valence-corrected chi connectivity index (χ1v) is 10.2. The lowest BCUT2D eigenvalue weighted by atomic mass is 10.2. The molecule has 0 aliphatic heterocycles. The van der Waals surface area contributed by atoms with Gasteiger partial charge in [-0.1, -0.05) is 31.9 Å². The Morgan fingerprint density at radius 1 is 0.852 bits per heavy atom. The zero-order valence-corrected chi connectivity index (χ0v) is 19.3. The predicted octanol–water partition coefficient (Wildman–Crippen LogP) is 4.20. The number of carbonyl (C=O) groups excluding carboxylic acids is 2. The molecule has 2 aromatic carbocycles. The van der Waals surface area contributed by atoms with E-state index in [-0.39, 0.29) is 13.2 Å². The van der Waals surface area contributed by atoms with E-state index in [1.165, 1.54) is 0 Å². The van der Waals surface area contributed by atoms with E-state index in [2.05, 4.69) is 58.6 Å². The van der Waals surface area contributed by atoms with Crippen LogP contribution in [0.2, 0.25) is 0 Å². The summed E-state index contributed by atoms with van der Waals surface area (Å²) in [4.78, 5) is 23.6. The van der Waals surface area contributed by atoms with Crippen molar-refractivity contribution in [2.24, 2.45) is 0 Å². The van der Waals surface area contributed by atoms with E-state index < -0.39 is 11.8 Å². The molecule has 2 aromatic rings. The maximum atomic E-state index is 11.8. The molecule has 144 valence electrons. The number of carbonyl (C=O) groups is 2. The average Bonchev–Trinajstić information content (AvgIpc) is 2.60. The van der Waals surface area contributed by atoms with E-state index in [0.29, 0.717) is 11.5 Å². The second kappa shape index (κ2) is 10.1. The highest BCUT2D eigenvalue weighted by Gasteiger charge is 2.11. The van der Waals surface area contributed by atoms with Gasteiger partial charge in [0.1, 0.15) is 11.5 Å². The van der Waals surface area contributed by atoms with Gasteiger partial charge in [-0.05, 0) is 71.2 Å². The number of hydrogen-bond acceptors (Lipinski definition) is 4. The smallest absolute Gasteiger partial charge is 0.276 e. The molecule has 0 saturated heterocycles. The van der Waals surface area contributed by atoms with E-state index in [1.54, 1.807) is 6.07 Å². The number of ether oxygens (including phenoxy) is 2. The summed E-state index contributed by atoms with van der Waals surface area (Å²) in [5.74, 6) is 0.159. The van der Waals surface area contributed by atoms with Crippen molar-refractivity contribution < 1.29 is 19.1 Å². The molecule has 0 atom stereocenters. The Balaban J connectivity index is 1.75. The first-order valence-electron chi connectivity index (χ1n) is 7.81. The van der Waals surface area contributed by atoms with Gasteiger partial charge < -0.3 is 9.47 Å². The Morgan fingerprint density at radius 2 is 1.48 bits per heavy atom. The molecular formula is C18H17Br3N2O4. The highest BCUT2D eigenvalue weighted by molar-refractivity contribution is 9.11. The second-order valence-electron chi connectivity index (χ2n) is 5.62. The minimum atomic E-state index is -0.489. The Bertz CT molecular complexity index is 835. The van der Waals surface area contributed by atoms with E-state index in [0.717, 1.165) is 24.5 Å². The Labute approximate surface area is 182 Å². The molecule has 0 fully saturated rings. The lowest BCUT2D eigenvalue weighted by Crippen LogP contribution is -2.45.